The number of hydrogen-bond acceptors (Lipinski definition) is 6. The van der Waals surface area contributed by atoms with E-state index in [1.807, 2.05) is 29.2 Å². The van der Waals surface area contributed by atoms with Crippen LogP contribution in [0.3, 0.4) is 0 Å². The Kier molecular flexibility index (Phi) is 17.3. The molecule has 0 atom stereocenters. The number of anilines is 1. The van der Waals surface area contributed by atoms with E-state index >= 15 is 0 Å². The van der Waals surface area contributed by atoms with E-state index in [0.717, 1.165) is 69.6 Å². The van der Waals surface area contributed by atoms with Gasteiger partial charge in [0, 0.05) is 160 Å². The normalized spacial score (nSPS) is 15.8. The van der Waals surface area contributed by atoms with Crippen LogP contribution >= 0.6 is 0 Å². The number of nitrogens with one attached hydrogen (secondary N) is 3. The second-order valence-electron chi connectivity index (χ2n) is 9.59. The molecule has 8 nitrogen and oxygen atoms in total. The summed E-state index contributed by atoms with van der Waals surface area (Å²) in [5.74, 6) is -0.543. The van der Waals surface area contributed by atoms with E-state index in [4.69, 9.17) is 11.5 Å². The van der Waals surface area contributed by atoms with E-state index in [0.29, 0.717) is 32.0 Å². The van der Waals surface area contributed by atoms with Crippen LogP contribution in [-0.4, -0.2) is 72.1 Å². The van der Waals surface area contributed by atoms with Crippen LogP contribution in [0.5, 0.6) is 0 Å². The van der Waals surface area contributed by atoms with Crippen molar-refractivity contribution in [2.24, 2.45) is 0 Å². The van der Waals surface area contributed by atoms with Crippen molar-refractivity contribution in [2.75, 3.05) is 57.3 Å². The smallest absolute Gasteiger partial charge is 0.313 e. The van der Waals surface area contributed by atoms with Crippen LogP contribution in [0.4, 0.5) is 14.6 Å². The van der Waals surface area contributed by atoms with Crippen molar-refractivity contribution in [2.45, 2.75) is 26.2 Å². The quantitative estimate of drug-likeness (QED) is 0.281. The fourth-order valence-corrected chi connectivity index (χ4v) is 4.59. The van der Waals surface area contributed by atoms with Crippen molar-refractivity contribution in [3.8, 4) is 0 Å². The summed E-state index contributed by atoms with van der Waals surface area (Å²) >= 11 is 0. The molecule has 2 radical (unpaired) electrons. The Morgan fingerprint density at radius 3 is 1.55 bits per heavy atom. The Labute approximate surface area is 307 Å². The average molecular weight is 977 g/mol. The molecule has 0 spiro atoms. The SMILES string of the molecule is [Ac].[Ac].[NH-]Cc1ccc(CN2CCN(c3cc(F)nc(F)n3)CC2)cc1.[NH-]Cc1ccc(CN2CCNCC2)cc1. The zero-order chi connectivity index (χ0) is 26.7. The molecule has 0 unspecified atom stereocenters. The summed E-state index contributed by atoms with van der Waals surface area (Å²) < 4.78 is 26.3. The summed E-state index contributed by atoms with van der Waals surface area (Å²) in [7, 11) is 0. The zero-order valence-corrected chi connectivity index (χ0v) is 32.3. The fraction of sp³-hybridized carbons (Fsp3) is 0.429. The van der Waals surface area contributed by atoms with Gasteiger partial charge < -0.3 is 21.7 Å². The first-order valence-electron chi connectivity index (χ1n) is 13.1. The largest absolute Gasteiger partial charge is 0.674 e. The van der Waals surface area contributed by atoms with E-state index in [-0.39, 0.29) is 88.1 Å². The topological polar surface area (TPSA) is 95.1 Å². The van der Waals surface area contributed by atoms with Gasteiger partial charge in [0.25, 0.3) is 0 Å². The van der Waals surface area contributed by atoms with E-state index in [1.54, 1.807) is 0 Å². The molecule has 2 aliphatic rings. The average Bonchev–Trinajstić information content (AvgIpc) is 2.95. The molecule has 0 saturated carbocycles. The number of halogens is 2. The van der Waals surface area contributed by atoms with Crippen LogP contribution in [0.2, 0.25) is 0 Å². The Morgan fingerprint density at radius 1 is 0.650 bits per heavy atom. The second kappa shape index (κ2) is 19.2. The molecule has 1 aromatic heterocycles. The third kappa shape index (κ3) is 11.9. The second-order valence-corrected chi connectivity index (χ2v) is 9.59. The molecule has 3 aromatic rings. The maximum atomic E-state index is 13.2. The monoisotopic (exact) mass is 976 g/mol. The van der Waals surface area contributed by atoms with Crippen molar-refractivity contribution < 1.29 is 96.9 Å². The summed E-state index contributed by atoms with van der Waals surface area (Å²) in [6.45, 7) is 9.97. The van der Waals surface area contributed by atoms with Crippen molar-refractivity contribution in [1.82, 2.24) is 25.1 Å². The van der Waals surface area contributed by atoms with Crippen molar-refractivity contribution in [1.29, 1.82) is 0 Å². The molecule has 2 aromatic carbocycles. The molecule has 2 fully saturated rings. The van der Waals surface area contributed by atoms with E-state index in [2.05, 4.69) is 49.4 Å². The molecule has 5 rings (SSSR count). The van der Waals surface area contributed by atoms with Crippen LogP contribution in [-0.2, 0) is 26.2 Å². The van der Waals surface area contributed by atoms with Crippen molar-refractivity contribution in [3.05, 3.63) is 100 Å². The number of aromatic nitrogens is 2. The van der Waals surface area contributed by atoms with Gasteiger partial charge in [-0.25, -0.2) is 0 Å². The third-order valence-electron chi connectivity index (χ3n) is 6.83. The predicted octanol–water partition coefficient (Wildman–Crippen LogP) is 4.27. The van der Waals surface area contributed by atoms with Gasteiger partial charge in [-0.15, -0.1) is 13.1 Å². The molecule has 12 heteroatoms. The number of rotatable bonds is 7. The first kappa shape index (κ1) is 36.1. The fourth-order valence-electron chi connectivity index (χ4n) is 4.59. The Balaban J connectivity index is 0.000000288. The molecule has 0 amide bonds. The van der Waals surface area contributed by atoms with Gasteiger partial charge in [0.05, 0.1) is 0 Å². The van der Waals surface area contributed by atoms with Gasteiger partial charge in [-0.2, -0.15) is 18.7 Å². The summed E-state index contributed by atoms with van der Waals surface area (Å²) in [5.41, 5.74) is 19.2. The molecular formula is C28H36Ac2F2N8-2. The van der Waals surface area contributed by atoms with Gasteiger partial charge in [0.15, 0.2) is 0 Å². The molecular weight excluding hydrogens is 940 g/mol. The van der Waals surface area contributed by atoms with Gasteiger partial charge in [0.1, 0.15) is 5.82 Å². The van der Waals surface area contributed by atoms with Crippen LogP contribution < -0.4 is 10.2 Å². The van der Waals surface area contributed by atoms with Crippen LogP contribution in [0, 0.1) is 100 Å². The predicted molar refractivity (Wildman–Crippen MR) is 147 cm³/mol. The number of nitrogens with zero attached hydrogens (tertiary/aromatic N) is 5. The zero-order valence-electron chi connectivity index (χ0n) is 22.8. The van der Waals surface area contributed by atoms with Crippen LogP contribution in [0.25, 0.3) is 11.5 Å². The minimum absolute atomic E-state index is 0. The van der Waals surface area contributed by atoms with Gasteiger partial charge in [0.2, 0.25) is 5.95 Å². The number of benzene rings is 2. The Hall–Kier alpha value is -0.137. The molecule has 3 heterocycles. The number of hydrogen-bond donors (Lipinski definition) is 1. The van der Waals surface area contributed by atoms with Crippen molar-refractivity contribution in [3.63, 3.8) is 0 Å². The first-order chi connectivity index (χ1) is 18.5. The summed E-state index contributed by atoms with van der Waals surface area (Å²) in [5, 5.41) is 3.35. The van der Waals surface area contributed by atoms with Gasteiger partial charge >= 0.3 is 6.08 Å². The van der Waals surface area contributed by atoms with Crippen LogP contribution in [0.1, 0.15) is 22.3 Å². The Bertz CT molecular complexity index is 1100. The van der Waals surface area contributed by atoms with Gasteiger partial charge in [-0.1, -0.05) is 59.7 Å². The van der Waals surface area contributed by atoms with Gasteiger partial charge in [-0.3, -0.25) is 9.80 Å². The molecule has 40 heavy (non-hydrogen) atoms. The number of piperazine rings is 2. The Morgan fingerprint density at radius 2 is 1.10 bits per heavy atom. The molecule has 210 valence electrons. The standard InChI is InChI=1S/C16H18F2N5.C12H18N3.2Ac/c17-14-9-15(21-16(18)20-14)23-7-5-22(6-8-23)11-13-3-1-12(10-19)2-4-13;13-9-11-1-3-12(4-2-11)10-15-7-5-14-6-8-15;;/h1-4,9,19H,5-8,10-11H2;1-4,13-14H,5-10H2;;/q2*-1;;. The van der Waals surface area contributed by atoms with Gasteiger partial charge in [-0.05, 0) is 11.1 Å². The van der Waals surface area contributed by atoms with E-state index < -0.39 is 12.0 Å². The first-order valence-corrected chi connectivity index (χ1v) is 13.1. The third-order valence-corrected chi connectivity index (χ3v) is 6.83. The maximum Gasteiger partial charge on any atom is 0.313 e. The molecule has 2 saturated heterocycles. The molecule has 2 aliphatic heterocycles. The van der Waals surface area contributed by atoms with E-state index in [1.165, 1.54) is 11.1 Å². The molecule has 3 N–H and O–H groups in total. The molecule has 0 bridgehead atoms. The van der Waals surface area contributed by atoms with E-state index in [9.17, 15) is 8.78 Å². The summed E-state index contributed by atoms with van der Waals surface area (Å²) in [6.07, 6.45) is -1.03. The maximum absolute atomic E-state index is 13.2. The van der Waals surface area contributed by atoms with Crippen LogP contribution in [0.15, 0.2) is 54.6 Å². The van der Waals surface area contributed by atoms with Crippen molar-refractivity contribution >= 4 is 5.82 Å². The minimum Gasteiger partial charge on any atom is -0.674 e. The summed E-state index contributed by atoms with van der Waals surface area (Å²) in [4.78, 5) is 13.3. The molecule has 0 aliphatic carbocycles. The summed E-state index contributed by atoms with van der Waals surface area (Å²) in [6, 6.07) is 17.6. The minimum atomic E-state index is -1.03.